The Labute approximate surface area is 213 Å². The van der Waals surface area contributed by atoms with Gasteiger partial charge in [-0.2, -0.15) is 13.2 Å². The summed E-state index contributed by atoms with van der Waals surface area (Å²) in [6.07, 6.45) is 1.10. The molecule has 0 aliphatic rings. The van der Waals surface area contributed by atoms with Crippen molar-refractivity contribution in [3.05, 3.63) is 95.3 Å². The molecular formula is C28H29F3N2O4. The third-order valence-corrected chi connectivity index (χ3v) is 5.04. The molecule has 0 radical (unpaired) electrons. The summed E-state index contributed by atoms with van der Waals surface area (Å²) in [5.41, 5.74) is 0.520. The van der Waals surface area contributed by atoms with Gasteiger partial charge in [0.15, 0.2) is 6.61 Å². The molecule has 196 valence electrons. The summed E-state index contributed by atoms with van der Waals surface area (Å²) in [5.74, 6) is -0.265. The first-order valence-electron chi connectivity index (χ1n) is 11.6. The van der Waals surface area contributed by atoms with Crippen molar-refractivity contribution in [2.75, 3.05) is 6.61 Å². The van der Waals surface area contributed by atoms with Gasteiger partial charge in [0, 0.05) is 19.3 Å². The summed E-state index contributed by atoms with van der Waals surface area (Å²) in [6, 6.07) is 15.3. The van der Waals surface area contributed by atoms with Crippen LogP contribution in [0.1, 0.15) is 48.0 Å². The Morgan fingerprint density at radius 1 is 1.00 bits per heavy atom. The van der Waals surface area contributed by atoms with E-state index in [1.165, 1.54) is 12.1 Å². The second kappa shape index (κ2) is 11.8. The van der Waals surface area contributed by atoms with Gasteiger partial charge in [-0.3, -0.25) is 4.79 Å². The number of nitrogens with one attached hydrogen (secondary N) is 1. The van der Waals surface area contributed by atoms with Crippen LogP contribution in [0.25, 0.3) is 6.08 Å². The Kier molecular flexibility index (Phi) is 8.81. The number of halogens is 3. The summed E-state index contributed by atoms with van der Waals surface area (Å²) in [4.78, 5) is 24.5. The summed E-state index contributed by atoms with van der Waals surface area (Å²) in [5, 5.41) is 2.73. The van der Waals surface area contributed by atoms with Gasteiger partial charge in [-0.15, -0.1) is 0 Å². The highest BCUT2D eigenvalue weighted by molar-refractivity contribution is 5.92. The van der Waals surface area contributed by atoms with Crippen LogP contribution in [0.5, 0.6) is 5.75 Å². The van der Waals surface area contributed by atoms with Crippen LogP contribution in [0.2, 0.25) is 0 Å². The molecule has 0 fully saturated rings. The predicted octanol–water partition coefficient (Wildman–Crippen LogP) is 5.87. The SMILES string of the molecule is CC(C)(C)OC(=O)COc1cccc(/C=C/Cn2cccc2C(=O)NCc2ccc(C(F)(F)F)cc2)c1. The van der Waals surface area contributed by atoms with Gasteiger partial charge < -0.3 is 19.4 Å². The molecule has 1 aromatic heterocycles. The highest BCUT2D eigenvalue weighted by atomic mass is 19.4. The molecule has 37 heavy (non-hydrogen) atoms. The molecule has 1 heterocycles. The van der Waals surface area contributed by atoms with Crippen LogP contribution in [0.3, 0.4) is 0 Å². The molecule has 0 saturated carbocycles. The van der Waals surface area contributed by atoms with Crippen LogP contribution in [0.15, 0.2) is 72.9 Å². The van der Waals surface area contributed by atoms with Crippen LogP contribution >= 0.6 is 0 Å². The lowest BCUT2D eigenvalue weighted by Gasteiger charge is -2.19. The van der Waals surface area contributed by atoms with Crippen molar-refractivity contribution in [1.29, 1.82) is 0 Å². The third kappa shape index (κ3) is 8.86. The monoisotopic (exact) mass is 514 g/mol. The van der Waals surface area contributed by atoms with E-state index >= 15 is 0 Å². The summed E-state index contributed by atoms with van der Waals surface area (Å²) >= 11 is 0. The Morgan fingerprint density at radius 3 is 2.41 bits per heavy atom. The highest BCUT2D eigenvalue weighted by Crippen LogP contribution is 2.29. The number of ether oxygens (including phenoxy) is 2. The minimum absolute atomic E-state index is 0.105. The molecule has 3 aromatic rings. The molecule has 0 bridgehead atoms. The van der Waals surface area contributed by atoms with E-state index in [0.29, 0.717) is 23.6 Å². The number of aromatic nitrogens is 1. The quantitative estimate of drug-likeness (QED) is 0.363. The summed E-state index contributed by atoms with van der Waals surface area (Å²) < 4.78 is 50.6. The number of allylic oxidation sites excluding steroid dienone is 1. The van der Waals surface area contributed by atoms with Crippen molar-refractivity contribution < 1.29 is 32.2 Å². The molecule has 0 spiro atoms. The fraction of sp³-hybridized carbons (Fsp3) is 0.286. The lowest BCUT2D eigenvalue weighted by molar-refractivity contribution is -0.157. The highest BCUT2D eigenvalue weighted by Gasteiger charge is 2.29. The topological polar surface area (TPSA) is 69.6 Å². The van der Waals surface area contributed by atoms with Crippen molar-refractivity contribution in [2.45, 2.75) is 45.6 Å². The molecule has 0 saturated heterocycles. The Hall–Kier alpha value is -4.01. The zero-order valence-electron chi connectivity index (χ0n) is 20.8. The van der Waals surface area contributed by atoms with Gasteiger partial charge in [-0.25, -0.2) is 4.79 Å². The Balaban J connectivity index is 1.53. The zero-order valence-corrected chi connectivity index (χ0v) is 20.8. The van der Waals surface area contributed by atoms with Gasteiger partial charge in [-0.1, -0.05) is 36.4 Å². The van der Waals surface area contributed by atoms with Crippen LogP contribution in [-0.2, 0) is 28.8 Å². The second-order valence-corrected chi connectivity index (χ2v) is 9.27. The number of amides is 1. The molecule has 1 N–H and O–H groups in total. The first kappa shape index (κ1) is 27.6. The van der Waals surface area contributed by atoms with Gasteiger partial charge in [0.25, 0.3) is 5.91 Å². The molecule has 0 atom stereocenters. The number of carbonyl (C=O) groups is 2. The van der Waals surface area contributed by atoms with E-state index in [0.717, 1.165) is 17.7 Å². The lowest BCUT2D eigenvalue weighted by atomic mass is 10.1. The largest absolute Gasteiger partial charge is 0.482 e. The van der Waals surface area contributed by atoms with Crippen molar-refractivity contribution in [3.8, 4) is 5.75 Å². The van der Waals surface area contributed by atoms with Gasteiger partial charge in [0.2, 0.25) is 0 Å². The molecular weight excluding hydrogens is 485 g/mol. The third-order valence-electron chi connectivity index (χ3n) is 5.04. The molecule has 3 rings (SSSR count). The number of alkyl halides is 3. The van der Waals surface area contributed by atoms with Crippen LogP contribution < -0.4 is 10.1 Å². The van der Waals surface area contributed by atoms with Crippen LogP contribution in [0.4, 0.5) is 13.2 Å². The number of hydrogen-bond acceptors (Lipinski definition) is 4. The van der Waals surface area contributed by atoms with E-state index in [9.17, 15) is 22.8 Å². The van der Waals surface area contributed by atoms with E-state index in [1.54, 1.807) is 61.9 Å². The maximum absolute atomic E-state index is 12.7. The number of nitrogens with zero attached hydrogens (tertiary/aromatic N) is 1. The van der Waals surface area contributed by atoms with Crippen molar-refractivity contribution >= 4 is 18.0 Å². The van der Waals surface area contributed by atoms with Gasteiger partial charge in [-0.05, 0) is 68.3 Å². The maximum Gasteiger partial charge on any atom is 0.416 e. The number of esters is 1. The predicted molar refractivity (Wildman–Crippen MR) is 134 cm³/mol. The van der Waals surface area contributed by atoms with Crippen molar-refractivity contribution in [2.24, 2.45) is 0 Å². The van der Waals surface area contributed by atoms with E-state index in [-0.39, 0.29) is 19.1 Å². The fourth-order valence-corrected chi connectivity index (χ4v) is 3.39. The minimum atomic E-state index is -4.40. The van der Waals surface area contributed by atoms with E-state index in [2.05, 4.69) is 5.32 Å². The number of carbonyl (C=O) groups excluding carboxylic acids is 2. The molecule has 6 nitrogen and oxygen atoms in total. The maximum atomic E-state index is 12.7. The second-order valence-electron chi connectivity index (χ2n) is 9.27. The molecule has 0 aliphatic heterocycles. The summed E-state index contributed by atoms with van der Waals surface area (Å²) in [6.45, 7) is 5.69. The number of hydrogen-bond donors (Lipinski definition) is 1. The summed E-state index contributed by atoms with van der Waals surface area (Å²) in [7, 11) is 0. The van der Waals surface area contributed by atoms with Gasteiger partial charge in [0.05, 0.1) is 5.56 Å². The normalized spacial score (nSPS) is 11.9. The number of rotatable bonds is 9. The average Bonchev–Trinajstić information content (AvgIpc) is 3.29. The van der Waals surface area contributed by atoms with Crippen molar-refractivity contribution in [3.63, 3.8) is 0 Å². The zero-order chi connectivity index (χ0) is 27.1. The van der Waals surface area contributed by atoms with Crippen LogP contribution in [-0.4, -0.2) is 28.7 Å². The first-order chi connectivity index (χ1) is 17.4. The van der Waals surface area contributed by atoms with E-state index < -0.39 is 23.3 Å². The first-order valence-corrected chi connectivity index (χ1v) is 11.6. The minimum Gasteiger partial charge on any atom is -0.482 e. The molecule has 2 aromatic carbocycles. The van der Waals surface area contributed by atoms with Gasteiger partial charge >= 0.3 is 12.1 Å². The molecule has 0 aliphatic carbocycles. The molecule has 1 amide bonds. The average molecular weight is 515 g/mol. The Morgan fingerprint density at radius 2 is 1.73 bits per heavy atom. The molecule has 0 unspecified atom stereocenters. The standard InChI is InChI=1S/C28H29F3N2O4/c1-27(2,3)37-25(34)19-36-23-9-4-7-20(17-23)8-5-15-33-16-6-10-24(33)26(35)32-18-21-11-13-22(14-12-21)28(29,30)31/h4-14,16-17H,15,18-19H2,1-3H3,(H,32,35)/b8-5+. The fourth-order valence-electron chi connectivity index (χ4n) is 3.39. The van der Waals surface area contributed by atoms with E-state index in [4.69, 9.17) is 9.47 Å². The molecule has 9 heteroatoms. The van der Waals surface area contributed by atoms with E-state index in [1.807, 2.05) is 18.2 Å². The number of benzene rings is 2. The lowest BCUT2D eigenvalue weighted by Crippen LogP contribution is -2.27. The van der Waals surface area contributed by atoms with Crippen molar-refractivity contribution in [1.82, 2.24) is 9.88 Å². The van der Waals surface area contributed by atoms with Crippen LogP contribution in [0, 0.1) is 0 Å². The Bertz CT molecular complexity index is 1240. The smallest absolute Gasteiger partial charge is 0.416 e. The van der Waals surface area contributed by atoms with Gasteiger partial charge in [0.1, 0.15) is 17.0 Å².